The maximum absolute atomic E-state index is 9.58. The van der Waals surface area contributed by atoms with E-state index in [0.29, 0.717) is 17.1 Å². The highest BCUT2D eigenvalue weighted by Crippen LogP contribution is 2.28. The first-order valence-corrected chi connectivity index (χ1v) is 6.35. The average molecular weight is 281 g/mol. The number of aromatic hydroxyl groups is 1. The highest BCUT2D eigenvalue weighted by atomic mass is 16.5. The summed E-state index contributed by atoms with van der Waals surface area (Å²) in [6.45, 7) is 3.72. The molecular weight excluding hydrogens is 266 g/mol. The highest BCUT2D eigenvalue weighted by Gasteiger charge is 2.08. The Bertz CT molecular complexity index is 725. The minimum Gasteiger partial charge on any atom is -0.504 e. The van der Waals surface area contributed by atoms with Crippen LogP contribution in [0.3, 0.4) is 0 Å². The summed E-state index contributed by atoms with van der Waals surface area (Å²) < 4.78 is 5.05. The fourth-order valence-electron chi connectivity index (χ4n) is 1.94. The van der Waals surface area contributed by atoms with Crippen LogP contribution in [0, 0.1) is 25.2 Å². The van der Waals surface area contributed by atoms with Crippen molar-refractivity contribution in [3.8, 4) is 17.6 Å². The summed E-state index contributed by atoms with van der Waals surface area (Å²) >= 11 is 0. The summed E-state index contributed by atoms with van der Waals surface area (Å²) in [5.74, 6) is 0.792. The largest absolute Gasteiger partial charge is 0.504 e. The van der Waals surface area contributed by atoms with Gasteiger partial charge < -0.3 is 9.84 Å². The second-order valence-electron chi connectivity index (χ2n) is 4.58. The van der Waals surface area contributed by atoms with E-state index in [1.807, 2.05) is 19.9 Å². The van der Waals surface area contributed by atoms with Gasteiger partial charge in [-0.25, -0.2) is 9.97 Å². The summed E-state index contributed by atoms with van der Waals surface area (Å²) in [4.78, 5) is 8.56. The number of benzene rings is 1. The lowest BCUT2D eigenvalue weighted by molar-refractivity contribution is 0.373. The molecule has 106 valence electrons. The van der Waals surface area contributed by atoms with Gasteiger partial charge in [0.15, 0.2) is 17.3 Å². The number of phenols is 1. The maximum atomic E-state index is 9.58. The number of hydrogen-bond donors (Lipinski definition) is 1. The van der Waals surface area contributed by atoms with E-state index in [1.54, 1.807) is 18.2 Å². The molecule has 0 aliphatic heterocycles. The molecule has 0 atom stereocenters. The van der Waals surface area contributed by atoms with Gasteiger partial charge in [-0.3, -0.25) is 0 Å². The molecule has 1 aromatic heterocycles. The van der Waals surface area contributed by atoms with Crippen LogP contribution in [0.1, 0.15) is 22.8 Å². The third-order valence-electron chi connectivity index (χ3n) is 2.86. The molecule has 0 unspecified atom stereocenters. The van der Waals surface area contributed by atoms with Gasteiger partial charge in [-0.1, -0.05) is 6.07 Å². The van der Waals surface area contributed by atoms with Gasteiger partial charge in [0.1, 0.15) is 6.07 Å². The van der Waals surface area contributed by atoms with E-state index in [4.69, 9.17) is 4.74 Å². The zero-order chi connectivity index (χ0) is 15.4. The number of nitrogens with zero attached hydrogens (tertiary/aromatic N) is 3. The molecule has 0 saturated heterocycles. The van der Waals surface area contributed by atoms with Crippen molar-refractivity contribution in [2.75, 3.05) is 7.11 Å². The molecule has 5 heteroatoms. The molecule has 5 nitrogen and oxygen atoms in total. The van der Waals surface area contributed by atoms with Crippen molar-refractivity contribution in [1.29, 1.82) is 5.26 Å². The summed E-state index contributed by atoms with van der Waals surface area (Å²) in [5.41, 5.74) is 2.70. The van der Waals surface area contributed by atoms with E-state index in [-0.39, 0.29) is 5.75 Å². The Hall–Kier alpha value is -2.87. The van der Waals surface area contributed by atoms with Gasteiger partial charge in [-0.2, -0.15) is 5.26 Å². The fourth-order valence-corrected chi connectivity index (χ4v) is 1.94. The quantitative estimate of drug-likeness (QED) is 0.875. The third-order valence-corrected chi connectivity index (χ3v) is 2.86. The second kappa shape index (κ2) is 6.06. The topological polar surface area (TPSA) is 79.0 Å². The van der Waals surface area contributed by atoms with E-state index in [1.165, 1.54) is 13.2 Å². The van der Waals surface area contributed by atoms with Crippen LogP contribution in [-0.2, 0) is 0 Å². The van der Waals surface area contributed by atoms with Gasteiger partial charge in [0, 0.05) is 11.4 Å². The maximum Gasteiger partial charge on any atom is 0.170 e. The van der Waals surface area contributed by atoms with Crippen molar-refractivity contribution in [3.05, 3.63) is 47.0 Å². The van der Waals surface area contributed by atoms with Gasteiger partial charge in [-0.05, 0) is 43.7 Å². The van der Waals surface area contributed by atoms with Crippen LogP contribution in [0.15, 0.2) is 24.3 Å². The van der Waals surface area contributed by atoms with E-state index < -0.39 is 0 Å². The van der Waals surface area contributed by atoms with Crippen molar-refractivity contribution < 1.29 is 9.84 Å². The molecule has 0 aliphatic carbocycles. The first-order chi connectivity index (χ1) is 10.0. The molecule has 2 aromatic rings. The van der Waals surface area contributed by atoms with Crippen LogP contribution in [0.4, 0.5) is 0 Å². The Morgan fingerprint density at radius 3 is 2.48 bits per heavy atom. The van der Waals surface area contributed by atoms with E-state index >= 15 is 0 Å². The van der Waals surface area contributed by atoms with Crippen LogP contribution in [-0.4, -0.2) is 22.2 Å². The molecule has 0 spiro atoms. The monoisotopic (exact) mass is 281 g/mol. The lowest BCUT2D eigenvalue weighted by Gasteiger charge is -2.05. The second-order valence-corrected chi connectivity index (χ2v) is 4.58. The third kappa shape index (κ3) is 3.37. The van der Waals surface area contributed by atoms with Crippen molar-refractivity contribution >= 4 is 11.6 Å². The molecule has 1 heterocycles. The Labute approximate surface area is 123 Å². The molecule has 1 aromatic carbocycles. The van der Waals surface area contributed by atoms with Gasteiger partial charge in [0.25, 0.3) is 0 Å². The summed E-state index contributed by atoms with van der Waals surface area (Å²) in [7, 11) is 1.47. The van der Waals surface area contributed by atoms with Gasteiger partial charge >= 0.3 is 0 Å². The number of ether oxygens (including phenoxy) is 1. The van der Waals surface area contributed by atoms with Gasteiger partial charge in [0.2, 0.25) is 0 Å². The molecular formula is C16H15N3O2. The van der Waals surface area contributed by atoms with Crippen molar-refractivity contribution in [1.82, 2.24) is 9.97 Å². The van der Waals surface area contributed by atoms with Crippen molar-refractivity contribution in [2.24, 2.45) is 0 Å². The zero-order valence-electron chi connectivity index (χ0n) is 12.1. The zero-order valence-corrected chi connectivity index (χ0v) is 12.1. The smallest absolute Gasteiger partial charge is 0.170 e. The first-order valence-electron chi connectivity index (χ1n) is 6.35. The highest BCUT2D eigenvalue weighted by molar-refractivity contribution is 5.87. The normalized spacial score (nSPS) is 11.0. The molecule has 0 radical (unpaired) electrons. The summed E-state index contributed by atoms with van der Waals surface area (Å²) in [6.07, 6.45) is 1.66. The van der Waals surface area contributed by atoms with E-state index in [0.717, 1.165) is 17.0 Å². The molecule has 21 heavy (non-hydrogen) atoms. The van der Waals surface area contributed by atoms with Crippen LogP contribution in [0.5, 0.6) is 11.5 Å². The number of phenolic OH excluding ortho intramolecular Hbond substituents is 1. The number of aryl methyl sites for hydroxylation is 2. The molecule has 0 aliphatic rings. The van der Waals surface area contributed by atoms with Crippen molar-refractivity contribution in [2.45, 2.75) is 13.8 Å². The molecule has 0 bridgehead atoms. The van der Waals surface area contributed by atoms with Gasteiger partial charge in [0.05, 0.1) is 12.7 Å². The summed E-state index contributed by atoms with van der Waals surface area (Å²) in [6, 6.07) is 8.81. The van der Waals surface area contributed by atoms with Gasteiger partial charge in [-0.15, -0.1) is 0 Å². The Balaban J connectivity index is 2.48. The standard InChI is InChI=1S/C16H15N3O2/c1-10-6-11(2)19-16(18-10)13(9-17)7-12-4-5-14(20)15(8-12)21-3/h4-8,20H,1-3H3. The number of methoxy groups -OCH3 is 1. The minimum atomic E-state index is 0.0517. The lowest BCUT2D eigenvalue weighted by Crippen LogP contribution is -1.97. The van der Waals surface area contributed by atoms with Crippen LogP contribution in [0.2, 0.25) is 0 Å². The number of nitriles is 1. The molecule has 2 rings (SSSR count). The molecule has 1 N–H and O–H groups in total. The van der Waals surface area contributed by atoms with E-state index in [2.05, 4.69) is 16.0 Å². The average Bonchev–Trinajstić information content (AvgIpc) is 2.45. The van der Waals surface area contributed by atoms with Crippen LogP contribution in [0.25, 0.3) is 11.6 Å². The Morgan fingerprint density at radius 1 is 1.24 bits per heavy atom. The van der Waals surface area contributed by atoms with Crippen molar-refractivity contribution in [3.63, 3.8) is 0 Å². The first kappa shape index (κ1) is 14.5. The number of aromatic nitrogens is 2. The molecule has 0 fully saturated rings. The van der Waals surface area contributed by atoms with Crippen LogP contribution >= 0.6 is 0 Å². The minimum absolute atomic E-state index is 0.0517. The molecule has 0 saturated carbocycles. The van der Waals surface area contributed by atoms with Crippen LogP contribution < -0.4 is 4.74 Å². The predicted molar refractivity (Wildman–Crippen MR) is 79.6 cm³/mol. The number of hydrogen-bond acceptors (Lipinski definition) is 5. The number of rotatable bonds is 3. The lowest BCUT2D eigenvalue weighted by atomic mass is 10.1. The predicted octanol–water partition coefficient (Wildman–Crippen LogP) is 2.87. The van der Waals surface area contributed by atoms with E-state index in [9.17, 15) is 10.4 Å². The molecule has 0 amide bonds. The Kier molecular flexibility index (Phi) is 4.19. The SMILES string of the molecule is COc1cc(C=C(C#N)c2nc(C)cc(C)n2)ccc1O. The summed E-state index contributed by atoms with van der Waals surface area (Å²) in [5, 5.41) is 18.9. The fraction of sp³-hybridized carbons (Fsp3) is 0.188. The Morgan fingerprint density at radius 2 is 1.90 bits per heavy atom. The number of allylic oxidation sites excluding steroid dienone is 1.